The second kappa shape index (κ2) is 7.77. The standard InChI is InChI=1S/C16H19NO4/c1-12(20-11-15-3-2-8-19-15)16(18)21-10-14-6-4-13(9-17)5-7-14/h4-7,12,15H,2-3,8,10-11H2,1H3. The van der Waals surface area contributed by atoms with E-state index in [9.17, 15) is 4.79 Å². The van der Waals surface area contributed by atoms with Gasteiger partial charge in [-0.15, -0.1) is 0 Å². The van der Waals surface area contributed by atoms with Gasteiger partial charge < -0.3 is 14.2 Å². The van der Waals surface area contributed by atoms with E-state index in [1.165, 1.54) is 0 Å². The summed E-state index contributed by atoms with van der Waals surface area (Å²) in [6.07, 6.45) is 1.52. The Kier molecular flexibility index (Phi) is 5.73. The van der Waals surface area contributed by atoms with Crippen molar-refractivity contribution >= 4 is 5.97 Å². The Balaban J connectivity index is 1.71. The number of ether oxygens (including phenoxy) is 3. The first kappa shape index (κ1) is 15.5. The number of hydrogen-bond donors (Lipinski definition) is 0. The van der Waals surface area contributed by atoms with E-state index in [1.807, 2.05) is 6.07 Å². The summed E-state index contributed by atoms with van der Waals surface area (Å²) >= 11 is 0. The molecule has 0 amide bonds. The highest BCUT2D eigenvalue weighted by Crippen LogP contribution is 2.13. The summed E-state index contributed by atoms with van der Waals surface area (Å²) in [4.78, 5) is 11.8. The molecule has 112 valence electrons. The summed E-state index contributed by atoms with van der Waals surface area (Å²) in [7, 11) is 0. The molecule has 5 nitrogen and oxygen atoms in total. The van der Waals surface area contributed by atoms with Crippen LogP contribution in [0, 0.1) is 11.3 Å². The van der Waals surface area contributed by atoms with Gasteiger partial charge in [0, 0.05) is 6.61 Å². The van der Waals surface area contributed by atoms with Crippen molar-refractivity contribution in [3.63, 3.8) is 0 Å². The van der Waals surface area contributed by atoms with Gasteiger partial charge in [0.1, 0.15) is 6.61 Å². The summed E-state index contributed by atoms with van der Waals surface area (Å²) in [6.45, 7) is 3.05. The lowest BCUT2D eigenvalue weighted by Gasteiger charge is -2.15. The zero-order chi connectivity index (χ0) is 15.1. The van der Waals surface area contributed by atoms with Gasteiger partial charge in [-0.2, -0.15) is 5.26 Å². The zero-order valence-corrected chi connectivity index (χ0v) is 12.1. The van der Waals surface area contributed by atoms with Gasteiger partial charge in [0.05, 0.1) is 24.3 Å². The van der Waals surface area contributed by atoms with Crippen molar-refractivity contribution in [3.8, 4) is 6.07 Å². The van der Waals surface area contributed by atoms with E-state index in [0.29, 0.717) is 12.2 Å². The number of nitrogens with zero attached hydrogens (tertiary/aromatic N) is 1. The molecule has 21 heavy (non-hydrogen) atoms. The van der Waals surface area contributed by atoms with E-state index in [1.54, 1.807) is 31.2 Å². The van der Waals surface area contributed by atoms with E-state index in [-0.39, 0.29) is 12.7 Å². The number of carbonyl (C=O) groups is 1. The monoisotopic (exact) mass is 289 g/mol. The summed E-state index contributed by atoms with van der Waals surface area (Å²) < 4.78 is 16.1. The molecule has 1 fully saturated rings. The molecule has 1 heterocycles. The van der Waals surface area contributed by atoms with Crippen LogP contribution in [0.2, 0.25) is 0 Å². The van der Waals surface area contributed by atoms with Crippen molar-refractivity contribution in [3.05, 3.63) is 35.4 Å². The lowest BCUT2D eigenvalue weighted by molar-refractivity contribution is -0.159. The fourth-order valence-corrected chi connectivity index (χ4v) is 2.04. The molecule has 1 aromatic rings. The Bertz CT molecular complexity index is 500. The molecule has 1 aromatic carbocycles. The Morgan fingerprint density at radius 1 is 1.48 bits per heavy atom. The topological polar surface area (TPSA) is 68.6 Å². The Morgan fingerprint density at radius 3 is 2.86 bits per heavy atom. The van der Waals surface area contributed by atoms with Crippen LogP contribution in [-0.4, -0.2) is 31.4 Å². The molecule has 2 unspecified atom stereocenters. The molecule has 0 aliphatic carbocycles. The fourth-order valence-electron chi connectivity index (χ4n) is 2.04. The quantitative estimate of drug-likeness (QED) is 0.751. The van der Waals surface area contributed by atoms with Crippen LogP contribution in [0.3, 0.4) is 0 Å². The van der Waals surface area contributed by atoms with Gasteiger partial charge in [-0.05, 0) is 37.5 Å². The lowest BCUT2D eigenvalue weighted by atomic mass is 10.2. The molecule has 0 aromatic heterocycles. The van der Waals surface area contributed by atoms with Crippen LogP contribution in [0.25, 0.3) is 0 Å². The molecule has 0 spiro atoms. The molecule has 1 aliphatic rings. The van der Waals surface area contributed by atoms with Gasteiger partial charge in [0.25, 0.3) is 0 Å². The average Bonchev–Trinajstić information content (AvgIpc) is 3.04. The Hall–Kier alpha value is -1.90. The highest BCUT2D eigenvalue weighted by Gasteiger charge is 2.20. The smallest absolute Gasteiger partial charge is 0.335 e. The van der Waals surface area contributed by atoms with Crippen molar-refractivity contribution in [1.82, 2.24) is 0 Å². The summed E-state index contributed by atoms with van der Waals surface area (Å²) in [5, 5.41) is 8.71. The van der Waals surface area contributed by atoms with Gasteiger partial charge in [0.15, 0.2) is 6.10 Å². The van der Waals surface area contributed by atoms with E-state index in [4.69, 9.17) is 19.5 Å². The Labute approximate surface area is 124 Å². The minimum atomic E-state index is -0.604. The fraction of sp³-hybridized carbons (Fsp3) is 0.500. The maximum Gasteiger partial charge on any atom is 0.335 e. The average molecular weight is 289 g/mol. The number of benzene rings is 1. The molecular formula is C16H19NO4. The van der Waals surface area contributed by atoms with Gasteiger partial charge in [-0.3, -0.25) is 0 Å². The van der Waals surface area contributed by atoms with Crippen LogP contribution < -0.4 is 0 Å². The number of esters is 1. The molecule has 1 aliphatic heterocycles. The third-order valence-electron chi connectivity index (χ3n) is 3.35. The zero-order valence-electron chi connectivity index (χ0n) is 12.1. The van der Waals surface area contributed by atoms with Crippen LogP contribution in [0.5, 0.6) is 0 Å². The van der Waals surface area contributed by atoms with E-state index in [2.05, 4.69) is 0 Å². The first-order valence-corrected chi connectivity index (χ1v) is 7.08. The van der Waals surface area contributed by atoms with Crippen LogP contribution in [0.1, 0.15) is 30.9 Å². The highest BCUT2D eigenvalue weighted by molar-refractivity contribution is 5.74. The molecule has 5 heteroatoms. The minimum Gasteiger partial charge on any atom is -0.459 e. The van der Waals surface area contributed by atoms with Gasteiger partial charge >= 0.3 is 5.97 Å². The van der Waals surface area contributed by atoms with Gasteiger partial charge in [-0.25, -0.2) is 4.79 Å². The maximum absolute atomic E-state index is 11.8. The second-order valence-electron chi connectivity index (χ2n) is 5.03. The highest BCUT2D eigenvalue weighted by atomic mass is 16.6. The predicted octanol–water partition coefficient (Wildman–Crippen LogP) is 2.19. The first-order chi connectivity index (χ1) is 10.2. The first-order valence-electron chi connectivity index (χ1n) is 7.08. The summed E-state index contributed by atoms with van der Waals surface area (Å²) in [5.41, 5.74) is 1.42. The molecule has 0 saturated carbocycles. The van der Waals surface area contributed by atoms with Crippen molar-refractivity contribution in [2.24, 2.45) is 0 Å². The van der Waals surface area contributed by atoms with Crippen LogP contribution >= 0.6 is 0 Å². The number of nitriles is 1. The van der Waals surface area contributed by atoms with E-state index < -0.39 is 12.1 Å². The molecule has 0 radical (unpaired) electrons. The van der Waals surface area contributed by atoms with E-state index >= 15 is 0 Å². The molecule has 0 N–H and O–H groups in total. The van der Waals surface area contributed by atoms with Crippen LogP contribution in [-0.2, 0) is 25.6 Å². The normalized spacial score (nSPS) is 19.0. The van der Waals surface area contributed by atoms with Gasteiger partial charge in [0.2, 0.25) is 0 Å². The van der Waals surface area contributed by atoms with Gasteiger partial charge in [-0.1, -0.05) is 12.1 Å². The molecule has 2 atom stereocenters. The van der Waals surface area contributed by atoms with Crippen molar-refractivity contribution < 1.29 is 19.0 Å². The molecule has 2 rings (SSSR count). The summed E-state index contributed by atoms with van der Waals surface area (Å²) in [5.74, 6) is -0.391. The van der Waals surface area contributed by atoms with Crippen molar-refractivity contribution in [2.45, 2.75) is 38.6 Å². The van der Waals surface area contributed by atoms with Crippen LogP contribution in [0.4, 0.5) is 0 Å². The third kappa shape index (κ3) is 4.85. The molecule has 1 saturated heterocycles. The largest absolute Gasteiger partial charge is 0.459 e. The number of rotatable bonds is 6. The molecule has 0 bridgehead atoms. The third-order valence-corrected chi connectivity index (χ3v) is 3.35. The molecular weight excluding hydrogens is 270 g/mol. The Morgan fingerprint density at radius 2 is 2.24 bits per heavy atom. The predicted molar refractivity (Wildman–Crippen MR) is 75.3 cm³/mol. The number of carbonyl (C=O) groups excluding carboxylic acids is 1. The lowest BCUT2D eigenvalue weighted by Crippen LogP contribution is -2.27. The summed E-state index contributed by atoms with van der Waals surface area (Å²) in [6, 6.07) is 8.97. The van der Waals surface area contributed by atoms with Crippen molar-refractivity contribution in [2.75, 3.05) is 13.2 Å². The maximum atomic E-state index is 11.8. The van der Waals surface area contributed by atoms with E-state index in [0.717, 1.165) is 25.0 Å². The second-order valence-corrected chi connectivity index (χ2v) is 5.03. The number of hydrogen-bond acceptors (Lipinski definition) is 5. The van der Waals surface area contributed by atoms with Crippen LogP contribution in [0.15, 0.2) is 24.3 Å². The SMILES string of the molecule is CC(OCC1CCCO1)C(=O)OCc1ccc(C#N)cc1. The van der Waals surface area contributed by atoms with Crippen molar-refractivity contribution in [1.29, 1.82) is 5.26 Å². The minimum absolute atomic E-state index is 0.0961.